The van der Waals surface area contributed by atoms with Crippen LogP contribution in [0.25, 0.3) is 0 Å². The molecular formula is C17H29NO. The van der Waals surface area contributed by atoms with E-state index in [1.165, 1.54) is 36.8 Å². The second-order valence-electron chi connectivity index (χ2n) is 5.30. The van der Waals surface area contributed by atoms with Crippen LogP contribution in [0.3, 0.4) is 0 Å². The van der Waals surface area contributed by atoms with E-state index in [0.29, 0.717) is 6.61 Å². The first-order valence-corrected chi connectivity index (χ1v) is 7.57. The average Bonchev–Trinajstić information content (AvgIpc) is 2.44. The van der Waals surface area contributed by atoms with Crippen molar-refractivity contribution in [3.05, 3.63) is 35.4 Å². The van der Waals surface area contributed by atoms with Crippen LogP contribution in [0, 0.1) is 5.92 Å². The molecule has 1 rings (SSSR count). The van der Waals surface area contributed by atoms with Gasteiger partial charge in [0.2, 0.25) is 0 Å². The van der Waals surface area contributed by atoms with Crippen LogP contribution in [-0.4, -0.2) is 13.7 Å². The van der Waals surface area contributed by atoms with E-state index >= 15 is 0 Å². The van der Waals surface area contributed by atoms with Crippen molar-refractivity contribution in [3.8, 4) is 0 Å². The number of unbranched alkanes of at least 4 members (excludes halogenated alkanes) is 1. The van der Waals surface area contributed by atoms with Crippen molar-refractivity contribution in [2.75, 3.05) is 13.7 Å². The Labute approximate surface area is 118 Å². The molecule has 0 amide bonds. The Morgan fingerprint density at radius 3 is 2.37 bits per heavy atom. The Kier molecular flexibility index (Phi) is 8.52. The molecule has 2 heteroatoms. The van der Waals surface area contributed by atoms with Crippen molar-refractivity contribution in [2.45, 2.75) is 52.7 Å². The van der Waals surface area contributed by atoms with Gasteiger partial charge in [-0.2, -0.15) is 0 Å². The summed E-state index contributed by atoms with van der Waals surface area (Å²) in [5, 5.41) is 3.58. The summed E-state index contributed by atoms with van der Waals surface area (Å²) in [7, 11) is 1.73. The van der Waals surface area contributed by atoms with Gasteiger partial charge < -0.3 is 10.1 Å². The number of nitrogens with one attached hydrogen (secondary N) is 1. The smallest absolute Gasteiger partial charge is 0.0713 e. The Morgan fingerprint density at radius 2 is 1.79 bits per heavy atom. The monoisotopic (exact) mass is 263 g/mol. The highest BCUT2D eigenvalue weighted by Gasteiger charge is 2.04. The van der Waals surface area contributed by atoms with E-state index in [0.717, 1.165) is 19.0 Å². The molecule has 0 saturated heterocycles. The maximum absolute atomic E-state index is 5.12. The molecule has 0 aromatic heterocycles. The summed E-state index contributed by atoms with van der Waals surface area (Å²) in [5.41, 5.74) is 2.59. The number of hydrogen-bond acceptors (Lipinski definition) is 2. The minimum absolute atomic E-state index is 0.697. The molecule has 0 aliphatic heterocycles. The molecule has 1 aromatic carbocycles. The molecular weight excluding hydrogens is 234 g/mol. The molecule has 0 aliphatic carbocycles. The normalized spacial score (nSPS) is 12.6. The van der Waals surface area contributed by atoms with Crippen molar-refractivity contribution in [3.63, 3.8) is 0 Å². The maximum atomic E-state index is 5.12. The summed E-state index contributed by atoms with van der Waals surface area (Å²) in [6.45, 7) is 7.36. The summed E-state index contributed by atoms with van der Waals surface area (Å²) in [6, 6.07) is 8.67. The van der Waals surface area contributed by atoms with E-state index in [4.69, 9.17) is 4.74 Å². The first-order chi connectivity index (χ1) is 9.30. The van der Waals surface area contributed by atoms with E-state index in [1.54, 1.807) is 7.11 Å². The van der Waals surface area contributed by atoms with Crippen molar-refractivity contribution in [1.29, 1.82) is 0 Å². The molecule has 19 heavy (non-hydrogen) atoms. The van der Waals surface area contributed by atoms with Crippen LogP contribution < -0.4 is 5.32 Å². The molecule has 2 nitrogen and oxygen atoms in total. The fourth-order valence-corrected chi connectivity index (χ4v) is 2.28. The van der Waals surface area contributed by atoms with Gasteiger partial charge in [0.1, 0.15) is 0 Å². The number of benzene rings is 1. The summed E-state index contributed by atoms with van der Waals surface area (Å²) in [4.78, 5) is 0. The topological polar surface area (TPSA) is 21.3 Å². The molecule has 0 aliphatic rings. The standard InChI is InChI=1S/C17H29NO/c1-4-6-7-15(5-2)12-18-13-16-8-10-17(11-9-16)14-19-3/h8-11,15,18H,4-7,12-14H2,1-3H3. The zero-order valence-corrected chi connectivity index (χ0v) is 12.7. The molecule has 108 valence electrons. The fraction of sp³-hybridized carbons (Fsp3) is 0.647. The van der Waals surface area contributed by atoms with Gasteiger partial charge in [0.05, 0.1) is 6.61 Å². The van der Waals surface area contributed by atoms with E-state index in [-0.39, 0.29) is 0 Å². The van der Waals surface area contributed by atoms with Crippen molar-refractivity contribution >= 4 is 0 Å². The van der Waals surface area contributed by atoms with Gasteiger partial charge in [-0.1, -0.05) is 57.4 Å². The molecule has 1 N–H and O–H groups in total. The molecule has 1 aromatic rings. The zero-order chi connectivity index (χ0) is 13.9. The Bertz CT molecular complexity index is 321. The highest BCUT2D eigenvalue weighted by Crippen LogP contribution is 2.12. The van der Waals surface area contributed by atoms with Crippen LogP contribution in [0.15, 0.2) is 24.3 Å². The lowest BCUT2D eigenvalue weighted by Crippen LogP contribution is -2.22. The van der Waals surface area contributed by atoms with Crippen molar-refractivity contribution < 1.29 is 4.74 Å². The van der Waals surface area contributed by atoms with Crippen LogP contribution in [-0.2, 0) is 17.9 Å². The second-order valence-corrected chi connectivity index (χ2v) is 5.30. The number of ether oxygens (including phenoxy) is 1. The zero-order valence-electron chi connectivity index (χ0n) is 12.7. The van der Waals surface area contributed by atoms with Gasteiger partial charge in [0, 0.05) is 13.7 Å². The third-order valence-electron chi connectivity index (χ3n) is 3.64. The van der Waals surface area contributed by atoms with Crippen LogP contribution in [0.1, 0.15) is 50.7 Å². The predicted octanol–water partition coefficient (Wildman–Crippen LogP) is 4.14. The van der Waals surface area contributed by atoms with E-state index < -0.39 is 0 Å². The second kappa shape index (κ2) is 9.99. The summed E-state index contributed by atoms with van der Waals surface area (Å²) >= 11 is 0. The molecule has 0 bridgehead atoms. The Morgan fingerprint density at radius 1 is 1.11 bits per heavy atom. The lowest BCUT2D eigenvalue weighted by Gasteiger charge is -2.15. The fourth-order valence-electron chi connectivity index (χ4n) is 2.28. The average molecular weight is 263 g/mol. The molecule has 0 saturated carbocycles. The van der Waals surface area contributed by atoms with Crippen LogP contribution in [0.4, 0.5) is 0 Å². The lowest BCUT2D eigenvalue weighted by atomic mass is 9.99. The van der Waals surface area contributed by atoms with Gasteiger partial charge in [-0.3, -0.25) is 0 Å². The third kappa shape index (κ3) is 6.74. The molecule has 0 radical (unpaired) electrons. The van der Waals surface area contributed by atoms with Gasteiger partial charge in [-0.15, -0.1) is 0 Å². The van der Waals surface area contributed by atoms with Crippen molar-refractivity contribution in [1.82, 2.24) is 5.32 Å². The van der Waals surface area contributed by atoms with Gasteiger partial charge >= 0.3 is 0 Å². The molecule has 0 heterocycles. The highest BCUT2D eigenvalue weighted by molar-refractivity contribution is 5.21. The van der Waals surface area contributed by atoms with Crippen LogP contribution >= 0.6 is 0 Å². The Hall–Kier alpha value is -0.860. The Balaban J connectivity index is 2.27. The van der Waals surface area contributed by atoms with Gasteiger partial charge in [-0.25, -0.2) is 0 Å². The number of hydrogen-bond donors (Lipinski definition) is 1. The largest absolute Gasteiger partial charge is 0.380 e. The predicted molar refractivity (Wildman–Crippen MR) is 82.2 cm³/mol. The van der Waals surface area contributed by atoms with Gasteiger partial charge in [-0.05, 0) is 30.0 Å². The van der Waals surface area contributed by atoms with Crippen LogP contribution in [0.2, 0.25) is 0 Å². The third-order valence-corrected chi connectivity index (χ3v) is 3.64. The molecule has 1 atom stereocenters. The lowest BCUT2D eigenvalue weighted by molar-refractivity contribution is 0.185. The van der Waals surface area contributed by atoms with Crippen molar-refractivity contribution in [2.24, 2.45) is 5.92 Å². The van der Waals surface area contributed by atoms with E-state index in [9.17, 15) is 0 Å². The number of methoxy groups -OCH3 is 1. The first-order valence-electron chi connectivity index (χ1n) is 7.57. The first kappa shape index (κ1) is 16.2. The quantitative estimate of drug-likeness (QED) is 0.685. The summed E-state index contributed by atoms with van der Waals surface area (Å²) in [6.07, 6.45) is 5.29. The van der Waals surface area contributed by atoms with E-state index in [2.05, 4.69) is 43.4 Å². The highest BCUT2D eigenvalue weighted by atomic mass is 16.5. The minimum Gasteiger partial charge on any atom is -0.380 e. The summed E-state index contributed by atoms with van der Waals surface area (Å²) in [5.74, 6) is 0.827. The maximum Gasteiger partial charge on any atom is 0.0713 e. The number of rotatable bonds is 10. The molecule has 1 unspecified atom stereocenters. The minimum atomic E-state index is 0.697. The van der Waals surface area contributed by atoms with E-state index in [1.807, 2.05) is 0 Å². The van der Waals surface area contributed by atoms with Gasteiger partial charge in [0.15, 0.2) is 0 Å². The summed E-state index contributed by atoms with van der Waals surface area (Å²) < 4.78 is 5.12. The van der Waals surface area contributed by atoms with Crippen LogP contribution in [0.5, 0.6) is 0 Å². The molecule has 0 fully saturated rings. The SMILES string of the molecule is CCCCC(CC)CNCc1ccc(COC)cc1. The molecule has 0 spiro atoms. The van der Waals surface area contributed by atoms with Gasteiger partial charge in [0.25, 0.3) is 0 Å².